The molecule has 2 aromatic rings. The Hall–Kier alpha value is -2.90. The standard InChI is InChI=1S/C22H25ClFN3O3/c1-15(27-21(28)12-17(25)11-16-5-3-2-4-6-16)9-10-26-22(29)14-30-18-7-8-19(23)20(24)13-18/h2-8,13,17H,1,9-12,14,25H2,(H,26,29)(H,27,28)/t17-/m0/s1. The molecular formula is C22H25ClFN3O3. The minimum Gasteiger partial charge on any atom is -0.484 e. The molecule has 2 aromatic carbocycles. The number of benzene rings is 2. The van der Waals surface area contributed by atoms with Gasteiger partial charge in [0.1, 0.15) is 11.6 Å². The van der Waals surface area contributed by atoms with E-state index in [-0.39, 0.29) is 48.2 Å². The quantitative estimate of drug-likeness (QED) is 0.508. The lowest BCUT2D eigenvalue weighted by atomic mass is 10.0. The van der Waals surface area contributed by atoms with Crippen molar-refractivity contribution >= 4 is 23.4 Å². The van der Waals surface area contributed by atoms with Gasteiger partial charge < -0.3 is 21.1 Å². The molecule has 30 heavy (non-hydrogen) atoms. The number of amides is 2. The van der Waals surface area contributed by atoms with Crippen LogP contribution in [0.1, 0.15) is 18.4 Å². The highest BCUT2D eigenvalue weighted by molar-refractivity contribution is 6.30. The first-order valence-electron chi connectivity index (χ1n) is 9.45. The number of ether oxygens (including phenoxy) is 1. The summed E-state index contributed by atoms with van der Waals surface area (Å²) in [7, 11) is 0. The van der Waals surface area contributed by atoms with Crippen molar-refractivity contribution in [1.29, 1.82) is 0 Å². The van der Waals surface area contributed by atoms with E-state index in [1.54, 1.807) is 0 Å². The van der Waals surface area contributed by atoms with Gasteiger partial charge in [-0.1, -0.05) is 48.5 Å². The molecular weight excluding hydrogens is 409 g/mol. The van der Waals surface area contributed by atoms with E-state index in [1.165, 1.54) is 12.1 Å². The van der Waals surface area contributed by atoms with Crippen LogP contribution in [0.3, 0.4) is 0 Å². The van der Waals surface area contributed by atoms with Crippen molar-refractivity contribution in [3.05, 3.63) is 77.2 Å². The molecule has 0 aromatic heterocycles. The Bertz CT molecular complexity index is 877. The normalized spacial score (nSPS) is 11.4. The van der Waals surface area contributed by atoms with Crippen LogP contribution in [0.5, 0.6) is 5.75 Å². The number of halogens is 2. The highest BCUT2D eigenvalue weighted by atomic mass is 35.5. The van der Waals surface area contributed by atoms with Crippen LogP contribution in [0, 0.1) is 5.82 Å². The minimum atomic E-state index is -0.620. The molecule has 0 aliphatic carbocycles. The zero-order chi connectivity index (χ0) is 21.9. The third kappa shape index (κ3) is 8.63. The molecule has 1 atom stereocenters. The van der Waals surface area contributed by atoms with Gasteiger partial charge in [0, 0.05) is 37.2 Å². The van der Waals surface area contributed by atoms with Crippen LogP contribution in [0.25, 0.3) is 0 Å². The molecule has 2 rings (SSSR count). The molecule has 8 heteroatoms. The van der Waals surface area contributed by atoms with E-state index < -0.39 is 5.82 Å². The van der Waals surface area contributed by atoms with Crippen LogP contribution < -0.4 is 21.1 Å². The summed E-state index contributed by atoms with van der Waals surface area (Å²) >= 11 is 5.59. The predicted octanol–water partition coefficient (Wildman–Crippen LogP) is 2.95. The van der Waals surface area contributed by atoms with Gasteiger partial charge in [-0.25, -0.2) is 4.39 Å². The number of nitrogens with one attached hydrogen (secondary N) is 2. The van der Waals surface area contributed by atoms with E-state index in [2.05, 4.69) is 17.2 Å². The van der Waals surface area contributed by atoms with Gasteiger partial charge in [0.25, 0.3) is 5.91 Å². The molecule has 0 unspecified atom stereocenters. The Morgan fingerprint density at radius 3 is 2.60 bits per heavy atom. The first-order chi connectivity index (χ1) is 14.3. The molecule has 0 saturated heterocycles. The maximum absolute atomic E-state index is 13.3. The van der Waals surface area contributed by atoms with Crippen LogP contribution in [0.15, 0.2) is 60.8 Å². The summed E-state index contributed by atoms with van der Waals surface area (Å²) in [5, 5.41) is 5.31. The van der Waals surface area contributed by atoms with E-state index in [0.29, 0.717) is 18.5 Å². The van der Waals surface area contributed by atoms with Crippen LogP contribution >= 0.6 is 11.6 Å². The smallest absolute Gasteiger partial charge is 0.257 e. The summed E-state index contributed by atoms with van der Waals surface area (Å²) in [5.41, 5.74) is 7.58. The fourth-order valence-electron chi connectivity index (χ4n) is 2.66. The van der Waals surface area contributed by atoms with Gasteiger partial charge in [0.15, 0.2) is 6.61 Å². The van der Waals surface area contributed by atoms with Crippen molar-refractivity contribution in [2.75, 3.05) is 13.2 Å². The van der Waals surface area contributed by atoms with Gasteiger partial charge in [-0.2, -0.15) is 0 Å². The Morgan fingerprint density at radius 2 is 1.90 bits per heavy atom. The lowest BCUT2D eigenvalue weighted by Crippen LogP contribution is -2.34. The Balaban J connectivity index is 1.61. The summed E-state index contributed by atoms with van der Waals surface area (Å²) in [6.07, 6.45) is 1.14. The molecule has 6 nitrogen and oxygen atoms in total. The zero-order valence-electron chi connectivity index (χ0n) is 16.5. The fourth-order valence-corrected chi connectivity index (χ4v) is 2.77. The maximum atomic E-state index is 13.3. The van der Waals surface area contributed by atoms with E-state index >= 15 is 0 Å². The third-order valence-electron chi connectivity index (χ3n) is 4.11. The number of hydrogen-bond donors (Lipinski definition) is 3. The Morgan fingerprint density at radius 1 is 1.17 bits per heavy atom. The van der Waals surface area contributed by atoms with E-state index in [4.69, 9.17) is 22.1 Å². The average Bonchev–Trinajstić information content (AvgIpc) is 2.69. The molecule has 0 aliphatic heterocycles. The highest BCUT2D eigenvalue weighted by Gasteiger charge is 2.11. The molecule has 160 valence electrons. The van der Waals surface area contributed by atoms with Crippen molar-refractivity contribution in [2.24, 2.45) is 5.73 Å². The van der Waals surface area contributed by atoms with Gasteiger partial charge in [-0.05, 0) is 24.1 Å². The van der Waals surface area contributed by atoms with E-state index in [9.17, 15) is 14.0 Å². The van der Waals surface area contributed by atoms with Crippen LogP contribution in [-0.2, 0) is 16.0 Å². The number of hydrogen-bond acceptors (Lipinski definition) is 4. The van der Waals surface area contributed by atoms with Crippen molar-refractivity contribution in [3.8, 4) is 5.75 Å². The molecule has 0 heterocycles. The second kappa shape index (κ2) is 11.9. The first kappa shape index (κ1) is 23.4. The van der Waals surface area contributed by atoms with Gasteiger partial charge >= 0.3 is 0 Å². The van der Waals surface area contributed by atoms with Gasteiger partial charge in [0.05, 0.1) is 5.02 Å². The summed E-state index contributed by atoms with van der Waals surface area (Å²) in [6, 6.07) is 13.3. The van der Waals surface area contributed by atoms with Crippen molar-refractivity contribution in [3.63, 3.8) is 0 Å². The number of nitrogens with two attached hydrogens (primary N) is 1. The minimum absolute atomic E-state index is 0.0200. The van der Waals surface area contributed by atoms with Crippen molar-refractivity contribution < 1.29 is 18.7 Å². The molecule has 2 amide bonds. The third-order valence-corrected chi connectivity index (χ3v) is 4.42. The number of carbonyl (C=O) groups excluding carboxylic acids is 2. The van der Waals surface area contributed by atoms with Gasteiger partial charge in [-0.3, -0.25) is 9.59 Å². The largest absolute Gasteiger partial charge is 0.484 e. The van der Waals surface area contributed by atoms with Crippen LogP contribution in [0.2, 0.25) is 5.02 Å². The topological polar surface area (TPSA) is 93.5 Å². The lowest BCUT2D eigenvalue weighted by Gasteiger charge is -2.13. The lowest BCUT2D eigenvalue weighted by molar-refractivity contribution is -0.123. The summed E-state index contributed by atoms with van der Waals surface area (Å²) in [4.78, 5) is 23.9. The number of rotatable bonds is 11. The molecule has 0 spiro atoms. The molecule has 4 N–H and O–H groups in total. The first-order valence-corrected chi connectivity index (χ1v) is 9.83. The van der Waals surface area contributed by atoms with E-state index in [0.717, 1.165) is 11.6 Å². The SMILES string of the molecule is C=C(CCNC(=O)COc1ccc(Cl)c(F)c1)NC(=O)C[C@@H](N)Cc1ccccc1. The molecule has 0 bridgehead atoms. The Kier molecular flexibility index (Phi) is 9.31. The molecule has 0 aliphatic rings. The summed E-state index contributed by atoms with van der Waals surface area (Å²) < 4.78 is 18.5. The molecule has 0 saturated carbocycles. The maximum Gasteiger partial charge on any atom is 0.257 e. The van der Waals surface area contributed by atoms with Gasteiger partial charge in [-0.15, -0.1) is 0 Å². The van der Waals surface area contributed by atoms with E-state index in [1.807, 2.05) is 30.3 Å². The monoisotopic (exact) mass is 433 g/mol. The van der Waals surface area contributed by atoms with Crippen molar-refractivity contribution in [1.82, 2.24) is 10.6 Å². The second-order valence-electron chi connectivity index (χ2n) is 6.77. The highest BCUT2D eigenvalue weighted by Crippen LogP contribution is 2.20. The van der Waals surface area contributed by atoms with Crippen LogP contribution in [-0.4, -0.2) is 31.0 Å². The van der Waals surface area contributed by atoms with Crippen molar-refractivity contribution in [2.45, 2.75) is 25.3 Å². The Labute approximate surface area is 180 Å². The number of carbonyl (C=O) groups is 2. The summed E-state index contributed by atoms with van der Waals surface area (Å²) in [5.74, 6) is -1.02. The molecule has 0 fully saturated rings. The van der Waals surface area contributed by atoms with Gasteiger partial charge in [0.2, 0.25) is 5.91 Å². The average molecular weight is 434 g/mol. The van der Waals surface area contributed by atoms with Crippen LogP contribution in [0.4, 0.5) is 4.39 Å². The second-order valence-corrected chi connectivity index (χ2v) is 7.18. The zero-order valence-corrected chi connectivity index (χ0v) is 17.3. The fraction of sp³-hybridized carbons (Fsp3) is 0.273. The molecule has 0 radical (unpaired) electrons. The summed E-state index contributed by atoms with van der Waals surface area (Å²) in [6.45, 7) is 3.79. The predicted molar refractivity (Wildman–Crippen MR) is 115 cm³/mol.